The van der Waals surface area contributed by atoms with E-state index >= 15 is 0 Å². The molecule has 1 saturated carbocycles. The third kappa shape index (κ3) is 2.88. The Hall–Kier alpha value is -1.85. The van der Waals surface area contributed by atoms with E-state index < -0.39 is 12.0 Å². The maximum atomic E-state index is 11.5. The first-order chi connectivity index (χ1) is 8.47. The first-order valence-electron chi connectivity index (χ1n) is 6.08. The molecule has 6 nitrogen and oxygen atoms in total. The second kappa shape index (κ2) is 4.80. The average Bonchev–Trinajstić information content (AvgIpc) is 3.08. The minimum absolute atomic E-state index is 0.0867. The van der Waals surface area contributed by atoms with Crippen molar-refractivity contribution in [3.8, 4) is 0 Å². The number of nitrogens with zero attached hydrogens (tertiary/aromatic N) is 1. The van der Waals surface area contributed by atoms with Gasteiger partial charge in [-0.3, -0.25) is 4.79 Å². The quantitative estimate of drug-likeness (QED) is 0.730. The Morgan fingerprint density at radius 2 is 2.22 bits per heavy atom. The number of anilines is 1. The minimum atomic E-state index is -0.898. The number of nitrogens with one attached hydrogen (secondary N) is 2. The van der Waals surface area contributed by atoms with Crippen molar-refractivity contribution in [3.63, 3.8) is 0 Å². The summed E-state index contributed by atoms with van der Waals surface area (Å²) in [5, 5.41) is 12.0. The van der Waals surface area contributed by atoms with E-state index in [-0.39, 0.29) is 17.4 Å². The van der Waals surface area contributed by atoms with E-state index in [9.17, 15) is 9.59 Å². The van der Waals surface area contributed by atoms with Gasteiger partial charge in [0.05, 0.1) is 0 Å². The smallest absolute Gasteiger partial charge is 0.326 e. The first-order valence-corrected chi connectivity index (χ1v) is 6.08. The summed E-state index contributed by atoms with van der Waals surface area (Å²) in [6, 6.07) is 0.642. The summed E-state index contributed by atoms with van der Waals surface area (Å²) < 4.78 is 0. The van der Waals surface area contributed by atoms with Crippen LogP contribution in [0.1, 0.15) is 38.4 Å². The number of carbonyl (C=O) groups is 1. The molecule has 0 saturated heterocycles. The topological polar surface area (TPSA) is 95.1 Å². The molecule has 0 amide bonds. The van der Waals surface area contributed by atoms with E-state index in [0.29, 0.717) is 11.6 Å². The Morgan fingerprint density at radius 3 is 2.72 bits per heavy atom. The summed E-state index contributed by atoms with van der Waals surface area (Å²) >= 11 is 0. The van der Waals surface area contributed by atoms with Gasteiger partial charge in [0.15, 0.2) is 0 Å². The zero-order valence-electron chi connectivity index (χ0n) is 10.4. The van der Waals surface area contributed by atoms with E-state index in [1.807, 2.05) is 13.8 Å². The molecule has 2 rings (SSSR count). The minimum Gasteiger partial charge on any atom is -0.480 e. The lowest BCUT2D eigenvalue weighted by atomic mass is 10.2. The molecule has 0 aromatic carbocycles. The number of aromatic amines is 1. The number of rotatable bonds is 5. The summed E-state index contributed by atoms with van der Waals surface area (Å²) in [6.45, 7) is 3.83. The van der Waals surface area contributed by atoms with Crippen molar-refractivity contribution >= 4 is 11.8 Å². The van der Waals surface area contributed by atoms with Crippen molar-refractivity contribution in [2.24, 2.45) is 5.92 Å². The highest BCUT2D eigenvalue weighted by molar-refractivity contribution is 5.77. The van der Waals surface area contributed by atoms with Crippen molar-refractivity contribution in [3.05, 3.63) is 22.2 Å². The maximum Gasteiger partial charge on any atom is 0.326 e. The number of aromatic nitrogens is 2. The molecule has 18 heavy (non-hydrogen) atoms. The molecule has 1 aromatic heterocycles. The summed E-state index contributed by atoms with van der Waals surface area (Å²) in [4.78, 5) is 29.5. The Labute approximate surface area is 104 Å². The SMILES string of the molecule is CC(C)c1nc(NC(C(=O)O)C2CC2)cc(=O)[nH]1. The molecule has 1 heterocycles. The van der Waals surface area contributed by atoms with Gasteiger partial charge >= 0.3 is 5.97 Å². The van der Waals surface area contributed by atoms with E-state index in [0.717, 1.165) is 12.8 Å². The van der Waals surface area contributed by atoms with Gasteiger partial charge < -0.3 is 15.4 Å². The van der Waals surface area contributed by atoms with Crippen LogP contribution in [0.3, 0.4) is 0 Å². The summed E-state index contributed by atoms with van der Waals surface area (Å²) in [6.07, 6.45) is 1.81. The van der Waals surface area contributed by atoms with Gasteiger partial charge in [-0.15, -0.1) is 0 Å². The molecular formula is C12H17N3O3. The second-order valence-corrected chi connectivity index (χ2v) is 4.97. The van der Waals surface area contributed by atoms with Crippen LogP contribution in [0.15, 0.2) is 10.9 Å². The van der Waals surface area contributed by atoms with Gasteiger partial charge in [-0.25, -0.2) is 9.78 Å². The van der Waals surface area contributed by atoms with Gasteiger partial charge in [-0.1, -0.05) is 13.8 Å². The van der Waals surface area contributed by atoms with Gasteiger partial charge in [-0.05, 0) is 18.8 Å². The lowest BCUT2D eigenvalue weighted by molar-refractivity contribution is -0.138. The predicted octanol–water partition coefficient (Wildman–Crippen LogP) is 1.17. The van der Waals surface area contributed by atoms with Crippen LogP contribution in [0.25, 0.3) is 0 Å². The van der Waals surface area contributed by atoms with E-state index in [1.165, 1.54) is 6.07 Å². The van der Waals surface area contributed by atoms with Crippen LogP contribution >= 0.6 is 0 Å². The maximum absolute atomic E-state index is 11.5. The van der Waals surface area contributed by atoms with Crippen LogP contribution < -0.4 is 10.9 Å². The predicted molar refractivity (Wildman–Crippen MR) is 66.7 cm³/mol. The van der Waals surface area contributed by atoms with Crippen LogP contribution in [-0.2, 0) is 4.79 Å². The Kier molecular flexibility index (Phi) is 3.36. The number of carboxylic acids is 1. The number of hydrogen-bond donors (Lipinski definition) is 3. The van der Waals surface area contributed by atoms with Gasteiger partial charge in [0, 0.05) is 12.0 Å². The van der Waals surface area contributed by atoms with Crippen LogP contribution in [0.5, 0.6) is 0 Å². The molecule has 1 aliphatic carbocycles. The van der Waals surface area contributed by atoms with Gasteiger partial charge in [0.1, 0.15) is 17.7 Å². The highest BCUT2D eigenvalue weighted by atomic mass is 16.4. The van der Waals surface area contributed by atoms with Gasteiger partial charge in [0.2, 0.25) is 0 Å². The standard InChI is InChI=1S/C12H17N3O3/c1-6(2)11-14-8(5-9(16)15-11)13-10(12(17)18)7-3-4-7/h5-7,10H,3-4H2,1-2H3,(H,17,18)(H2,13,14,15,16). The second-order valence-electron chi connectivity index (χ2n) is 4.97. The van der Waals surface area contributed by atoms with Crippen molar-refractivity contribution in [1.29, 1.82) is 0 Å². The monoisotopic (exact) mass is 251 g/mol. The Balaban J connectivity index is 2.22. The molecule has 6 heteroatoms. The largest absolute Gasteiger partial charge is 0.480 e. The zero-order chi connectivity index (χ0) is 13.3. The first kappa shape index (κ1) is 12.6. The summed E-state index contributed by atoms with van der Waals surface area (Å²) in [5.74, 6) is 0.229. The number of hydrogen-bond acceptors (Lipinski definition) is 4. The molecule has 98 valence electrons. The Bertz CT molecular complexity index is 506. The van der Waals surface area contributed by atoms with Crippen molar-refractivity contribution in [1.82, 2.24) is 9.97 Å². The molecule has 1 aromatic rings. The fourth-order valence-electron chi connectivity index (χ4n) is 1.79. The average molecular weight is 251 g/mol. The molecule has 0 spiro atoms. The Morgan fingerprint density at radius 1 is 1.56 bits per heavy atom. The van der Waals surface area contributed by atoms with Crippen LogP contribution in [0.4, 0.5) is 5.82 Å². The van der Waals surface area contributed by atoms with Crippen molar-refractivity contribution in [2.45, 2.75) is 38.6 Å². The van der Waals surface area contributed by atoms with E-state index in [1.54, 1.807) is 0 Å². The molecule has 1 aliphatic rings. The number of carboxylic acid groups (broad SMARTS) is 1. The molecule has 3 N–H and O–H groups in total. The van der Waals surface area contributed by atoms with Crippen LogP contribution in [0.2, 0.25) is 0 Å². The fourth-order valence-corrected chi connectivity index (χ4v) is 1.79. The normalized spacial score (nSPS) is 16.6. The molecular weight excluding hydrogens is 234 g/mol. The third-order valence-corrected chi connectivity index (χ3v) is 2.97. The van der Waals surface area contributed by atoms with Crippen molar-refractivity contribution < 1.29 is 9.90 Å². The molecule has 1 fully saturated rings. The lowest BCUT2D eigenvalue weighted by Crippen LogP contribution is -2.32. The molecule has 0 aliphatic heterocycles. The molecule has 0 radical (unpaired) electrons. The lowest BCUT2D eigenvalue weighted by Gasteiger charge is -2.15. The number of H-pyrrole nitrogens is 1. The third-order valence-electron chi connectivity index (χ3n) is 2.97. The summed E-state index contributed by atoms with van der Waals surface area (Å²) in [5.41, 5.74) is -0.267. The van der Waals surface area contributed by atoms with Gasteiger partial charge in [-0.2, -0.15) is 0 Å². The van der Waals surface area contributed by atoms with Crippen LogP contribution in [0, 0.1) is 5.92 Å². The molecule has 1 unspecified atom stereocenters. The number of aliphatic carboxylic acids is 1. The highest BCUT2D eigenvalue weighted by Gasteiger charge is 2.36. The highest BCUT2D eigenvalue weighted by Crippen LogP contribution is 2.34. The summed E-state index contributed by atoms with van der Waals surface area (Å²) in [7, 11) is 0. The molecule has 1 atom stereocenters. The molecule has 0 bridgehead atoms. The fraction of sp³-hybridized carbons (Fsp3) is 0.583. The van der Waals surface area contributed by atoms with E-state index in [2.05, 4.69) is 15.3 Å². The van der Waals surface area contributed by atoms with E-state index in [4.69, 9.17) is 5.11 Å². The van der Waals surface area contributed by atoms with Gasteiger partial charge in [0.25, 0.3) is 5.56 Å². The van der Waals surface area contributed by atoms with Crippen LogP contribution in [-0.4, -0.2) is 27.1 Å². The zero-order valence-corrected chi connectivity index (χ0v) is 10.4. The van der Waals surface area contributed by atoms with Crippen molar-refractivity contribution in [2.75, 3.05) is 5.32 Å².